The summed E-state index contributed by atoms with van der Waals surface area (Å²) in [7, 11) is 0. The van der Waals surface area contributed by atoms with Gasteiger partial charge in [0, 0.05) is 0 Å². The summed E-state index contributed by atoms with van der Waals surface area (Å²) in [5.41, 5.74) is 0. The first-order chi connectivity index (χ1) is 4.01. The molecule has 1 aliphatic heterocycles. The van der Waals surface area contributed by atoms with Crippen LogP contribution in [0.1, 0.15) is 27.7 Å². The second-order valence-electron chi connectivity index (χ2n) is 3.05. The summed E-state index contributed by atoms with van der Waals surface area (Å²) in [5, 5.41) is 0. The van der Waals surface area contributed by atoms with E-state index < -0.39 is 0 Å². The summed E-state index contributed by atoms with van der Waals surface area (Å²) in [6.45, 7) is 7.93. The Balaban J connectivity index is 2.54. The van der Waals surface area contributed by atoms with E-state index in [9.17, 15) is 0 Å². The van der Waals surface area contributed by atoms with Crippen LogP contribution >= 0.6 is 0 Å². The van der Waals surface area contributed by atoms with Gasteiger partial charge in [-0.25, -0.2) is 0 Å². The van der Waals surface area contributed by atoms with E-state index in [1.165, 1.54) is 0 Å². The Morgan fingerprint density at radius 3 is 1.44 bits per heavy atom. The van der Waals surface area contributed by atoms with Gasteiger partial charge in [0.2, 0.25) is 0 Å². The number of hydrogen-bond donors (Lipinski definition) is 0. The SMILES string of the molecule is C[C@@H]1OC(C)(C)O[C@@H]1C. The summed E-state index contributed by atoms with van der Waals surface area (Å²) in [4.78, 5) is 0. The quantitative estimate of drug-likeness (QED) is 0.495. The van der Waals surface area contributed by atoms with E-state index in [-0.39, 0.29) is 18.0 Å². The van der Waals surface area contributed by atoms with Gasteiger partial charge in [-0.05, 0) is 27.7 Å². The largest absolute Gasteiger partial charge is 0.345 e. The fourth-order valence-electron chi connectivity index (χ4n) is 1.11. The van der Waals surface area contributed by atoms with E-state index in [1.54, 1.807) is 0 Å². The van der Waals surface area contributed by atoms with Crippen LogP contribution in [0.5, 0.6) is 0 Å². The first kappa shape index (κ1) is 7.03. The van der Waals surface area contributed by atoms with Crippen LogP contribution < -0.4 is 0 Å². The highest BCUT2D eigenvalue weighted by atomic mass is 16.7. The van der Waals surface area contributed by atoms with E-state index >= 15 is 0 Å². The standard InChI is InChI=1S/C7H14O2/c1-5-6(2)9-7(3,4)8-5/h5-6H,1-4H3/t5-,6+. The number of rotatable bonds is 0. The molecule has 0 aliphatic carbocycles. The zero-order valence-electron chi connectivity index (χ0n) is 6.47. The van der Waals surface area contributed by atoms with Crippen molar-refractivity contribution in [1.29, 1.82) is 0 Å². The third-order valence-electron chi connectivity index (χ3n) is 1.60. The number of ether oxygens (including phenoxy) is 2. The molecule has 1 fully saturated rings. The summed E-state index contributed by atoms with van der Waals surface area (Å²) in [6.07, 6.45) is 0.472. The molecule has 54 valence electrons. The van der Waals surface area contributed by atoms with Crippen LogP contribution in [0.3, 0.4) is 0 Å². The molecule has 2 atom stereocenters. The second-order valence-corrected chi connectivity index (χ2v) is 3.05. The van der Waals surface area contributed by atoms with Gasteiger partial charge < -0.3 is 9.47 Å². The highest BCUT2D eigenvalue weighted by molar-refractivity contribution is 4.73. The minimum Gasteiger partial charge on any atom is -0.345 e. The molecule has 1 saturated heterocycles. The van der Waals surface area contributed by atoms with Crippen molar-refractivity contribution in [3.8, 4) is 0 Å². The maximum absolute atomic E-state index is 5.44. The molecule has 0 aromatic rings. The van der Waals surface area contributed by atoms with Crippen molar-refractivity contribution in [2.75, 3.05) is 0 Å². The molecule has 0 radical (unpaired) electrons. The average Bonchev–Trinajstić information content (AvgIpc) is 1.79. The van der Waals surface area contributed by atoms with Crippen molar-refractivity contribution in [2.45, 2.75) is 45.7 Å². The molecule has 1 heterocycles. The van der Waals surface area contributed by atoms with Crippen molar-refractivity contribution in [1.82, 2.24) is 0 Å². The van der Waals surface area contributed by atoms with Crippen molar-refractivity contribution >= 4 is 0 Å². The molecule has 0 aromatic carbocycles. The minimum absolute atomic E-state index is 0.236. The molecule has 9 heavy (non-hydrogen) atoms. The molecule has 0 amide bonds. The van der Waals surface area contributed by atoms with Crippen molar-refractivity contribution in [3.63, 3.8) is 0 Å². The Morgan fingerprint density at radius 1 is 1.00 bits per heavy atom. The van der Waals surface area contributed by atoms with E-state index in [4.69, 9.17) is 9.47 Å². The Hall–Kier alpha value is -0.0800. The molecule has 0 aromatic heterocycles. The van der Waals surface area contributed by atoms with Crippen LogP contribution in [-0.2, 0) is 9.47 Å². The first-order valence-electron chi connectivity index (χ1n) is 3.37. The normalized spacial score (nSPS) is 41.3. The molecule has 1 rings (SSSR count). The average molecular weight is 130 g/mol. The lowest BCUT2D eigenvalue weighted by Crippen LogP contribution is -2.20. The highest BCUT2D eigenvalue weighted by Gasteiger charge is 2.35. The molecule has 0 bridgehead atoms. The van der Waals surface area contributed by atoms with Crippen LogP contribution in [0.4, 0.5) is 0 Å². The zero-order chi connectivity index (χ0) is 7.07. The molecule has 0 unspecified atom stereocenters. The van der Waals surface area contributed by atoms with Crippen LogP contribution in [-0.4, -0.2) is 18.0 Å². The Bertz CT molecular complexity index is 97.5. The molecule has 2 nitrogen and oxygen atoms in total. The van der Waals surface area contributed by atoms with Gasteiger partial charge in [0.05, 0.1) is 12.2 Å². The lowest BCUT2D eigenvalue weighted by atomic mass is 10.3. The molecule has 2 heteroatoms. The monoisotopic (exact) mass is 130 g/mol. The summed E-state index contributed by atoms with van der Waals surface area (Å²) < 4.78 is 10.9. The molecule has 0 saturated carbocycles. The Morgan fingerprint density at radius 2 is 1.33 bits per heavy atom. The van der Waals surface area contributed by atoms with Crippen LogP contribution in [0.2, 0.25) is 0 Å². The van der Waals surface area contributed by atoms with E-state index in [1.807, 2.05) is 27.7 Å². The second kappa shape index (κ2) is 1.96. The van der Waals surface area contributed by atoms with Gasteiger partial charge in [-0.3, -0.25) is 0 Å². The van der Waals surface area contributed by atoms with Crippen LogP contribution in [0, 0.1) is 0 Å². The van der Waals surface area contributed by atoms with Gasteiger partial charge in [0.15, 0.2) is 5.79 Å². The third kappa shape index (κ3) is 1.43. The Labute approximate surface area is 56.2 Å². The topological polar surface area (TPSA) is 18.5 Å². The van der Waals surface area contributed by atoms with Gasteiger partial charge in [-0.15, -0.1) is 0 Å². The van der Waals surface area contributed by atoms with Crippen molar-refractivity contribution in [2.24, 2.45) is 0 Å². The molecular weight excluding hydrogens is 116 g/mol. The van der Waals surface area contributed by atoms with Gasteiger partial charge in [-0.2, -0.15) is 0 Å². The summed E-state index contributed by atoms with van der Waals surface area (Å²) in [6, 6.07) is 0. The Kier molecular flexibility index (Phi) is 1.53. The predicted octanol–water partition coefficient (Wildman–Crippen LogP) is 1.55. The van der Waals surface area contributed by atoms with Gasteiger partial charge in [-0.1, -0.05) is 0 Å². The van der Waals surface area contributed by atoms with E-state index in [0.717, 1.165) is 0 Å². The lowest BCUT2D eigenvalue weighted by molar-refractivity contribution is -0.143. The highest BCUT2D eigenvalue weighted by Crippen LogP contribution is 2.26. The molecular formula is C7H14O2. The van der Waals surface area contributed by atoms with E-state index in [2.05, 4.69) is 0 Å². The smallest absolute Gasteiger partial charge is 0.163 e. The first-order valence-corrected chi connectivity index (χ1v) is 3.37. The maximum atomic E-state index is 5.44. The molecule has 0 N–H and O–H groups in total. The van der Waals surface area contributed by atoms with Crippen LogP contribution in [0.25, 0.3) is 0 Å². The predicted molar refractivity (Wildman–Crippen MR) is 35.2 cm³/mol. The number of hydrogen-bond acceptors (Lipinski definition) is 2. The molecule has 0 spiro atoms. The summed E-state index contributed by atoms with van der Waals surface area (Å²) in [5.74, 6) is -0.362. The maximum Gasteiger partial charge on any atom is 0.163 e. The van der Waals surface area contributed by atoms with E-state index in [0.29, 0.717) is 0 Å². The fraction of sp³-hybridized carbons (Fsp3) is 1.00. The lowest BCUT2D eigenvalue weighted by Gasteiger charge is -2.15. The van der Waals surface area contributed by atoms with Gasteiger partial charge in [0.25, 0.3) is 0 Å². The fourth-order valence-corrected chi connectivity index (χ4v) is 1.11. The van der Waals surface area contributed by atoms with Gasteiger partial charge in [0.1, 0.15) is 0 Å². The third-order valence-corrected chi connectivity index (χ3v) is 1.60. The van der Waals surface area contributed by atoms with Gasteiger partial charge >= 0.3 is 0 Å². The van der Waals surface area contributed by atoms with Crippen molar-refractivity contribution in [3.05, 3.63) is 0 Å². The summed E-state index contributed by atoms with van der Waals surface area (Å²) >= 11 is 0. The molecule has 1 aliphatic rings. The minimum atomic E-state index is -0.362. The van der Waals surface area contributed by atoms with Crippen LogP contribution in [0.15, 0.2) is 0 Å². The zero-order valence-corrected chi connectivity index (χ0v) is 6.47. The van der Waals surface area contributed by atoms with Crippen molar-refractivity contribution < 1.29 is 9.47 Å².